The van der Waals surface area contributed by atoms with Gasteiger partial charge in [0.15, 0.2) is 6.10 Å². The van der Waals surface area contributed by atoms with Crippen molar-refractivity contribution in [1.82, 2.24) is 0 Å². The molecule has 1 heterocycles. The van der Waals surface area contributed by atoms with E-state index >= 15 is 0 Å². The summed E-state index contributed by atoms with van der Waals surface area (Å²) in [7, 11) is 0. The molecule has 0 amide bonds. The molecule has 2 aromatic rings. The second-order valence-electron chi connectivity index (χ2n) is 5.33. The minimum Gasteiger partial charge on any atom is -0.386 e. The van der Waals surface area contributed by atoms with Gasteiger partial charge >= 0.3 is 0 Å². The van der Waals surface area contributed by atoms with Gasteiger partial charge in [-0.05, 0) is 29.8 Å². The largest absolute Gasteiger partial charge is 0.386 e. The van der Waals surface area contributed by atoms with Gasteiger partial charge in [0.25, 0.3) is 0 Å². The van der Waals surface area contributed by atoms with Gasteiger partial charge in [-0.25, -0.2) is 0 Å². The molecule has 0 radical (unpaired) electrons. The molecule has 5 heteroatoms. The lowest BCUT2D eigenvalue weighted by Gasteiger charge is -2.07. The molecule has 0 bridgehead atoms. The first-order chi connectivity index (χ1) is 10.7. The van der Waals surface area contributed by atoms with Crippen molar-refractivity contribution >= 4 is 28.9 Å². The van der Waals surface area contributed by atoms with E-state index in [0.717, 1.165) is 40.8 Å². The number of quaternary nitrogens is 1. The molecule has 2 N–H and O–H groups in total. The van der Waals surface area contributed by atoms with E-state index in [-0.39, 0.29) is 6.10 Å². The number of benzene rings is 2. The van der Waals surface area contributed by atoms with Crippen molar-refractivity contribution in [1.29, 1.82) is 0 Å². The van der Waals surface area contributed by atoms with Gasteiger partial charge in [-0.1, -0.05) is 52.6 Å². The predicted octanol–water partition coefficient (Wildman–Crippen LogP) is 3.25. The van der Waals surface area contributed by atoms with Crippen LogP contribution in [-0.2, 0) is 11.4 Å². The zero-order chi connectivity index (χ0) is 15.4. The fraction of sp³-hybridized carbons (Fsp3) is 0.235. The van der Waals surface area contributed by atoms with Crippen LogP contribution in [0.1, 0.15) is 17.5 Å². The number of rotatable bonds is 5. The molecule has 0 saturated heterocycles. The Balaban J connectivity index is 1.47. The Morgan fingerprint density at radius 3 is 2.68 bits per heavy atom. The lowest BCUT2D eigenvalue weighted by molar-refractivity contribution is -0.676. The van der Waals surface area contributed by atoms with Crippen LogP contribution in [0, 0.1) is 0 Å². The molecule has 0 unspecified atom stereocenters. The second kappa shape index (κ2) is 7.14. The molecular weight excluding hydrogens is 319 g/mol. The number of nitrogens with zero attached hydrogens (tertiary/aromatic N) is 1. The van der Waals surface area contributed by atoms with Crippen LogP contribution in [0.25, 0.3) is 0 Å². The van der Waals surface area contributed by atoms with Crippen LogP contribution < -0.4 is 5.32 Å². The normalized spacial score (nSPS) is 17.2. The van der Waals surface area contributed by atoms with Crippen LogP contribution >= 0.6 is 23.2 Å². The highest BCUT2D eigenvalue weighted by Gasteiger charge is 2.23. The van der Waals surface area contributed by atoms with E-state index in [9.17, 15) is 0 Å². The first-order valence-electron chi connectivity index (χ1n) is 7.25. The van der Waals surface area contributed by atoms with Crippen LogP contribution in [0.4, 0.5) is 0 Å². The highest BCUT2D eigenvalue weighted by molar-refractivity contribution is 6.30. The van der Waals surface area contributed by atoms with E-state index in [1.807, 2.05) is 42.5 Å². The average molecular weight is 336 g/mol. The van der Waals surface area contributed by atoms with Crippen LogP contribution in [0.5, 0.6) is 0 Å². The lowest BCUT2D eigenvalue weighted by atomic mass is 10.1. The molecule has 0 aliphatic carbocycles. The Bertz CT molecular complexity index is 671. The summed E-state index contributed by atoms with van der Waals surface area (Å²) < 4.78 is 0. The Morgan fingerprint density at radius 1 is 1.09 bits per heavy atom. The summed E-state index contributed by atoms with van der Waals surface area (Å²) in [6.45, 7) is 1.75. The maximum Gasteiger partial charge on any atom is 0.181 e. The standard InChI is InChI=1S/C17H16Cl2N2O/c18-14-6-4-13(5-7-14)17-9-16(22-21-17)11-20-10-12-2-1-3-15(19)8-12/h1-8,16,20H,9-11H2/p+1/t16-/m0/s1. The van der Waals surface area contributed by atoms with Gasteiger partial charge in [0.05, 0.1) is 5.71 Å². The second-order valence-corrected chi connectivity index (χ2v) is 6.21. The first-order valence-corrected chi connectivity index (χ1v) is 8.01. The van der Waals surface area contributed by atoms with E-state index in [2.05, 4.69) is 16.5 Å². The van der Waals surface area contributed by atoms with E-state index in [1.165, 1.54) is 5.56 Å². The van der Waals surface area contributed by atoms with Gasteiger partial charge in [0, 0.05) is 22.0 Å². The van der Waals surface area contributed by atoms with Crippen LogP contribution in [0.2, 0.25) is 10.0 Å². The summed E-state index contributed by atoms with van der Waals surface area (Å²) in [5.74, 6) is 0. The molecule has 1 aliphatic heterocycles. The number of hydrogen-bond acceptors (Lipinski definition) is 2. The van der Waals surface area contributed by atoms with E-state index in [1.54, 1.807) is 0 Å². The summed E-state index contributed by atoms with van der Waals surface area (Å²) in [4.78, 5) is 5.51. The maximum absolute atomic E-state index is 5.98. The summed E-state index contributed by atoms with van der Waals surface area (Å²) in [5, 5.41) is 7.91. The Kier molecular flexibility index (Phi) is 4.98. The molecule has 0 aromatic heterocycles. The van der Waals surface area contributed by atoms with Crippen molar-refractivity contribution in [3.8, 4) is 0 Å². The third kappa shape index (κ3) is 4.01. The zero-order valence-electron chi connectivity index (χ0n) is 12.0. The van der Waals surface area contributed by atoms with Crippen LogP contribution in [0.15, 0.2) is 53.7 Å². The average Bonchev–Trinajstić information content (AvgIpc) is 2.97. The molecule has 3 nitrogen and oxygen atoms in total. The van der Waals surface area contributed by atoms with Gasteiger partial charge < -0.3 is 10.2 Å². The van der Waals surface area contributed by atoms with Crippen molar-refractivity contribution in [3.05, 3.63) is 69.7 Å². The summed E-state index contributed by atoms with van der Waals surface area (Å²) >= 11 is 11.9. The van der Waals surface area contributed by atoms with Gasteiger partial charge in [-0.2, -0.15) is 0 Å². The number of oxime groups is 1. The van der Waals surface area contributed by atoms with E-state index < -0.39 is 0 Å². The van der Waals surface area contributed by atoms with Crippen molar-refractivity contribution in [2.24, 2.45) is 5.16 Å². The summed E-state index contributed by atoms with van der Waals surface area (Å²) in [5.41, 5.74) is 3.27. The van der Waals surface area contributed by atoms with Crippen molar-refractivity contribution in [2.45, 2.75) is 19.1 Å². The van der Waals surface area contributed by atoms with Crippen LogP contribution in [0.3, 0.4) is 0 Å². The van der Waals surface area contributed by atoms with Crippen molar-refractivity contribution in [2.75, 3.05) is 6.54 Å². The van der Waals surface area contributed by atoms with Crippen molar-refractivity contribution < 1.29 is 10.2 Å². The molecule has 1 aliphatic rings. The van der Waals surface area contributed by atoms with Gasteiger partial charge in [0.1, 0.15) is 13.1 Å². The fourth-order valence-electron chi connectivity index (χ4n) is 2.47. The molecule has 3 rings (SSSR count). The smallest absolute Gasteiger partial charge is 0.181 e. The highest BCUT2D eigenvalue weighted by atomic mass is 35.5. The fourth-order valence-corrected chi connectivity index (χ4v) is 2.81. The quantitative estimate of drug-likeness (QED) is 0.894. The van der Waals surface area contributed by atoms with Crippen LogP contribution in [-0.4, -0.2) is 18.4 Å². The third-order valence-corrected chi connectivity index (χ3v) is 4.10. The molecule has 2 aromatic carbocycles. The first kappa shape index (κ1) is 15.3. The van der Waals surface area contributed by atoms with Gasteiger partial charge in [0.2, 0.25) is 0 Å². The highest BCUT2D eigenvalue weighted by Crippen LogP contribution is 2.17. The summed E-state index contributed by atoms with van der Waals surface area (Å²) in [6.07, 6.45) is 0.943. The minimum atomic E-state index is 0.116. The number of halogens is 2. The van der Waals surface area contributed by atoms with E-state index in [0.29, 0.717) is 0 Å². The monoisotopic (exact) mass is 335 g/mol. The number of hydrogen-bond donors (Lipinski definition) is 1. The van der Waals surface area contributed by atoms with Gasteiger partial charge in [-0.3, -0.25) is 0 Å². The predicted molar refractivity (Wildman–Crippen MR) is 89.4 cm³/mol. The van der Waals surface area contributed by atoms with E-state index in [4.69, 9.17) is 28.0 Å². The zero-order valence-corrected chi connectivity index (χ0v) is 13.5. The third-order valence-electron chi connectivity index (χ3n) is 3.61. The Labute approximate surface area is 139 Å². The summed E-state index contributed by atoms with van der Waals surface area (Å²) in [6, 6.07) is 15.6. The topological polar surface area (TPSA) is 38.2 Å². The molecule has 0 spiro atoms. The SMILES string of the molecule is Clc1ccc(C2=NO[C@H](C[NH2+]Cc3cccc(Cl)c3)C2)cc1. The molecule has 0 fully saturated rings. The number of nitrogens with two attached hydrogens (primary N) is 1. The molecule has 0 saturated carbocycles. The molecular formula is C17H17Cl2N2O+. The van der Waals surface area contributed by atoms with Crippen molar-refractivity contribution in [3.63, 3.8) is 0 Å². The van der Waals surface area contributed by atoms with Gasteiger partial charge in [-0.15, -0.1) is 0 Å². The molecule has 114 valence electrons. The Morgan fingerprint density at radius 2 is 1.91 bits per heavy atom. The minimum absolute atomic E-state index is 0.116. The maximum atomic E-state index is 5.98. The molecule has 1 atom stereocenters. The molecule has 22 heavy (non-hydrogen) atoms. The Hall–Kier alpha value is -1.55. The lowest BCUT2D eigenvalue weighted by Crippen LogP contribution is -2.84.